The van der Waals surface area contributed by atoms with Crippen LogP contribution in [-0.4, -0.2) is 30.0 Å². The molecule has 2 aromatic rings. The Bertz CT molecular complexity index is 814. The Balaban J connectivity index is 1.86. The number of nitrogens with zero attached hydrogens (tertiary/aromatic N) is 1. The second kappa shape index (κ2) is 8.30. The van der Waals surface area contributed by atoms with Crippen molar-refractivity contribution in [1.29, 1.82) is 0 Å². The number of hydrogen-bond donors (Lipinski definition) is 1. The van der Waals surface area contributed by atoms with Crippen molar-refractivity contribution < 1.29 is 14.3 Å². The highest BCUT2D eigenvalue weighted by atomic mass is 16.5. The van der Waals surface area contributed by atoms with E-state index >= 15 is 0 Å². The highest BCUT2D eigenvalue weighted by Crippen LogP contribution is 2.29. The minimum Gasteiger partial charge on any atom is -0.452 e. The number of ether oxygens (including phenoxy) is 1. The Labute approximate surface area is 154 Å². The van der Waals surface area contributed by atoms with Gasteiger partial charge < -0.3 is 10.1 Å². The Morgan fingerprint density at radius 3 is 2.73 bits per heavy atom. The van der Waals surface area contributed by atoms with Crippen molar-refractivity contribution in [3.8, 4) is 0 Å². The van der Waals surface area contributed by atoms with Crippen molar-refractivity contribution in [3.63, 3.8) is 0 Å². The van der Waals surface area contributed by atoms with Gasteiger partial charge in [-0.1, -0.05) is 38.5 Å². The number of para-hydroxylation sites is 1. The largest absolute Gasteiger partial charge is 0.452 e. The third-order valence-corrected chi connectivity index (χ3v) is 4.67. The molecule has 26 heavy (non-hydrogen) atoms. The number of fused-ring (bicyclic) bond motifs is 2. The zero-order valence-corrected chi connectivity index (χ0v) is 15.5. The molecular formula is C21H26N2O3. The molecule has 0 aliphatic heterocycles. The van der Waals surface area contributed by atoms with E-state index in [1.54, 1.807) is 0 Å². The summed E-state index contributed by atoms with van der Waals surface area (Å²) < 4.78 is 5.36. The standard InChI is InChI=1S/C21H26N2O3/c1-14(2)12-22-19(24)13-26-21(25)20-15-8-4-3-5-10-17(15)23-18-11-7-6-9-16(18)20/h6-7,9,11,14H,3-5,8,10,12-13H2,1-2H3,(H,22,24). The molecule has 1 heterocycles. The van der Waals surface area contributed by atoms with Crippen LogP contribution in [0.15, 0.2) is 24.3 Å². The van der Waals surface area contributed by atoms with Gasteiger partial charge in [0.15, 0.2) is 6.61 Å². The van der Waals surface area contributed by atoms with Crippen LogP contribution in [0.5, 0.6) is 0 Å². The number of esters is 1. The summed E-state index contributed by atoms with van der Waals surface area (Å²) in [6.07, 6.45) is 4.98. The summed E-state index contributed by atoms with van der Waals surface area (Å²) in [6.45, 7) is 4.36. The van der Waals surface area contributed by atoms with Crippen LogP contribution in [-0.2, 0) is 22.4 Å². The van der Waals surface area contributed by atoms with Crippen LogP contribution in [0, 0.1) is 5.92 Å². The first kappa shape index (κ1) is 18.4. The molecule has 0 atom stereocenters. The molecule has 3 rings (SSSR count). The van der Waals surface area contributed by atoms with Gasteiger partial charge in [-0.15, -0.1) is 0 Å². The SMILES string of the molecule is CC(C)CNC(=O)COC(=O)c1c2c(nc3ccccc13)CCCCC2. The van der Waals surface area contributed by atoms with Crippen LogP contribution in [0.25, 0.3) is 10.9 Å². The van der Waals surface area contributed by atoms with Gasteiger partial charge in [0.25, 0.3) is 5.91 Å². The van der Waals surface area contributed by atoms with Crippen molar-refractivity contribution in [2.75, 3.05) is 13.2 Å². The van der Waals surface area contributed by atoms with Gasteiger partial charge >= 0.3 is 5.97 Å². The number of benzene rings is 1. The smallest absolute Gasteiger partial charge is 0.339 e. The lowest BCUT2D eigenvalue weighted by molar-refractivity contribution is -0.124. The molecule has 1 aliphatic rings. The van der Waals surface area contributed by atoms with E-state index in [2.05, 4.69) is 5.32 Å². The number of aryl methyl sites for hydroxylation is 1. The predicted molar refractivity (Wildman–Crippen MR) is 101 cm³/mol. The maximum absolute atomic E-state index is 12.9. The minimum absolute atomic E-state index is 0.253. The Hall–Kier alpha value is -2.43. The average Bonchev–Trinajstić information content (AvgIpc) is 2.87. The molecule has 1 amide bonds. The number of aromatic nitrogens is 1. The molecule has 0 radical (unpaired) electrons. The molecule has 1 aromatic carbocycles. The number of hydrogen-bond acceptors (Lipinski definition) is 4. The third kappa shape index (κ3) is 4.21. The van der Waals surface area contributed by atoms with E-state index in [9.17, 15) is 9.59 Å². The predicted octanol–water partition coefficient (Wildman–Crippen LogP) is 3.43. The summed E-state index contributed by atoms with van der Waals surface area (Å²) >= 11 is 0. The first-order chi connectivity index (χ1) is 12.6. The van der Waals surface area contributed by atoms with Gasteiger partial charge in [-0.2, -0.15) is 0 Å². The minimum atomic E-state index is -0.429. The highest BCUT2D eigenvalue weighted by molar-refractivity contribution is 6.05. The van der Waals surface area contributed by atoms with Crippen molar-refractivity contribution in [3.05, 3.63) is 41.1 Å². The lowest BCUT2D eigenvalue weighted by atomic mass is 9.97. The summed E-state index contributed by atoms with van der Waals surface area (Å²) in [4.78, 5) is 29.5. The molecule has 1 N–H and O–H groups in total. The Kier molecular flexibility index (Phi) is 5.86. The van der Waals surface area contributed by atoms with Crippen molar-refractivity contribution in [1.82, 2.24) is 10.3 Å². The summed E-state index contributed by atoms with van der Waals surface area (Å²) in [5.74, 6) is -0.340. The van der Waals surface area contributed by atoms with Crippen LogP contribution in [0.1, 0.15) is 54.7 Å². The fourth-order valence-electron chi connectivity index (χ4n) is 3.35. The van der Waals surface area contributed by atoms with E-state index < -0.39 is 5.97 Å². The van der Waals surface area contributed by atoms with Crippen LogP contribution < -0.4 is 5.32 Å². The van der Waals surface area contributed by atoms with Crippen LogP contribution in [0.2, 0.25) is 0 Å². The monoisotopic (exact) mass is 354 g/mol. The molecule has 5 nitrogen and oxygen atoms in total. The molecule has 138 valence electrons. The van der Waals surface area contributed by atoms with Crippen LogP contribution >= 0.6 is 0 Å². The first-order valence-corrected chi connectivity index (χ1v) is 9.40. The molecule has 0 saturated carbocycles. The van der Waals surface area contributed by atoms with Gasteiger partial charge in [0, 0.05) is 17.6 Å². The van der Waals surface area contributed by atoms with Crippen LogP contribution in [0.4, 0.5) is 0 Å². The fourth-order valence-corrected chi connectivity index (χ4v) is 3.35. The number of carbonyl (C=O) groups is 2. The van der Waals surface area contributed by atoms with Gasteiger partial charge in [0.2, 0.25) is 0 Å². The maximum atomic E-state index is 12.9. The van der Waals surface area contributed by atoms with Crippen molar-refractivity contribution in [2.45, 2.75) is 46.0 Å². The molecule has 1 aliphatic carbocycles. The second-order valence-corrected chi connectivity index (χ2v) is 7.26. The molecule has 0 saturated heterocycles. The number of rotatable bonds is 5. The van der Waals surface area contributed by atoms with Crippen LogP contribution in [0.3, 0.4) is 0 Å². The molecule has 0 spiro atoms. The van der Waals surface area contributed by atoms with E-state index in [0.29, 0.717) is 18.0 Å². The van der Waals surface area contributed by atoms with E-state index in [-0.39, 0.29) is 12.5 Å². The summed E-state index contributed by atoms with van der Waals surface area (Å²) in [5.41, 5.74) is 3.39. The Morgan fingerprint density at radius 2 is 1.92 bits per heavy atom. The lowest BCUT2D eigenvalue weighted by Gasteiger charge is -2.15. The molecule has 1 aromatic heterocycles. The van der Waals surface area contributed by atoms with Gasteiger partial charge in [0.1, 0.15) is 0 Å². The first-order valence-electron chi connectivity index (χ1n) is 9.40. The summed E-state index contributed by atoms with van der Waals surface area (Å²) in [6, 6.07) is 7.65. The van der Waals surface area contributed by atoms with Crippen molar-refractivity contribution >= 4 is 22.8 Å². The van der Waals surface area contributed by atoms with Gasteiger partial charge in [0.05, 0.1) is 11.1 Å². The molecular weight excluding hydrogens is 328 g/mol. The molecule has 0 fully saturated rings. The summed E-state index contributed by atoms with van der Waals surface area (Å²) in [5, 5.41) is 3.58. The number of nitrogens with one attached hydrogen (secondary N) is 1. The maximum Gasteiger partial charge on any atom is 0.339 e. The Morgan fingerprint density at radius 1 is 1.15 bits per heavy atom. The van der Waals surface area contributed by atoms with E-state index in [4.69, 9.17) is 9.72 Å². The molecule has 5 heteroatoms. The van der Waals surface area contributed by atoms with Crippen molar-refractivity contribution in [2.24, 2.45) is 5.92 Å². The number of amides is 1. The average molecular weight is 354 g/mol. The highest BCUT2D eigenvalue weighted by Gasteiger charge is 2.23. The van der Waals surface area contributed by atoms with Gasteiger partial charge in [-0.05, 0) is 43.2 Å². The van der Waals surface area contributed by atoms with Gasteiger partial charge in [-0.3, -0.25) is 9.78 Å². The zero-order valence-electron chi connectivity index (χ0n) is 15.5. The number of carbonyl (C=O) groups excluding carboxylic acids is 2. The van der Waals surface area contributed by atoms with E-state index in [1.165, 1.54) is 0 Å². The zero-order chi connectivity index (χ0) is 18.5. The van der Waals surface area contributed by atoms with Gasteiger partial charge in [-0.25, -0.2) is 4.79 Å². The fraction of sp³-hybridized carbons (Fsp3) is 0.476. The lowest BCUT2D eigenvalue weighted by Crippen LogP contribution is -2.31. The molecule has 0 bridgehead atoms. The molecule has 0 unspecified atom stereocenters. The quantitative estimate of drug-likeness (QED) is 0.660. The van der Waals surface area contributed by atoms with E-state index in [0.717, 1.165) is 54.3 Å². The van der Waals surface area contributed by atoms with E-state index in [1.807, 2.05) is 38.1 Å². The normalized spacial score (nSPS) is 14.0. The summed E-state index contributed by atoms with van der Waals surface area (Å²) in [7, 11) is 0. The topological polar surface area (TPSA) is 68.3 Å². The second-order valence-electron chi connectivity index (χ2n) is 7.26. The number of pyridine rings is 1. The third-order valence-electron chi connectivity index (χ3n) is 4.67.